The molecule has 4 atom stereocenters. The minimum atomic E-state index is -0.246. The summed E-state index contributed by atoms with van der Waals surface area (Å²) in [5.74, 6) is 0.572. The lowest BCUT2D eigenvalue weighted by Crippen LogP contribution is -2.15. The van der Waals surface area contributed by atoms with Crippen molar-refractivity contribution < 1.29 is 14.6 Å². The van der Waals surface area contributed by atoms with Crippen LogP contribution in [0.4, 0.5) is 0 Å². The third-order valence-electron chi connectivity index (χ3n) is 3.03. The minimum Gasteiger partial charge on any atom is -0.466 e. The molecule has 3 heteroatoms. The first kappa shape index (κ1) is 8.05. The first-order chi connectivity index (χ1) is 5.75. The summed E-state index contributed by atoms with van der Waals surface area (Å²) in [7, 11) is 0. The van der Waals surface area contributed by atoms with Crippen molar-refractivity contribution >= 4 is 5.97 Å². The maximum absolute atomic E-state index is 11.2. The lowest BCUT2D eigenvalue weighted by molar-refractivity contribution is -0.146. The highest BCUT2D eigenvalue weighted by Crippen LogP contribution is 2.57. The molecule has 0 heterocycles. The maximum atomic E-state index is 11.2. The number of fused-ring (bicyclic) bond motifs is 1. The number of rotatable bonds is 2. The SMILES string of the molecule is CCOC(=O)C1C2CC[C@@H](O)[C@H]21. The predicted octanol–water partition coefficient (Wildman–Crippen LogP) is 0.566. The van der Waals surface area contributed by atoms with E-state index in [1.165, 1.54) is 0 Å². The largest absolute Gasteiger partial charge is 0.466 e. The van der Waals surface area contributed by atoms with Gasteiger partial charge < -0.3 is 9.84 Å². The molecule has 0 aromatic carbocycles. The van der Waals surface area contributed by atoms with E-state index in [9.17, 15) is 9.90 Å². The van der Waals surface area contributed by atoms with E-state index in [0.29, 0.717) is 12.5 Å². The molecule has 2 saturated carbocycles. The van der Waals surface area contributed by atoms with Gasteiger partial charge in [0.25, 0.3) is 0 Å². The number of carbonyl (C=O) groups excluding carboxylic acids is 1. The van der Waals surface area contributed by atoms with Gasteiger partial charge in [0.2, 0.25) is 0 Å². The summed E-state index contributed by atoms with van der Waals surface area (Å²) in [6.45, 7) is 2.26. The molecule has 2 aliphatic carbocycles. The molecular weight excluding hydrogens is 156 g/mol. The van der Waals surface area contributed by atoms with Crippen LogP contribution in [0.15, 0.2) is 0 Å². The van der Waals surface area contributed by atoms with Gasteiger partial charge in [0.05, 0.1) is 18.6 Å². The predicted molar refractivity (Wildman–Crippen MR) is 42.3 cm³/mol. The summed E-state index contributed by atoms with van der Waals surface area (Å²) >= 11 is 0. The zero-order valence-corrected chi connectivity index (χ0v) is 7.19. The normalized spacial score (nSPS) is 43.8. The number of ether oxygens (including phenoxy) is 1. The number of hydrogen-bond acceptors (Lipinski definition) is 3. The van der Waals surface area contributed by atoms with Gasteiger partial charge in [-0.1, -0.05) is 0 Å². The van der Waals surface area contributed by atoms with Crippen LogP contribution in [0, 0.1) is 17.8 Å². The lowest BCUT2D eigenvalue weighted by atomic mass is 10.1. The van der Waals surface area contributed by atoms with E-state index in [0.717, 1.165) is 12.8 Å². The van der Waals surface area contributed by atoms with Gasteiger partial charge in [0.15, 0.2) is 0 Å². The third kappa shape index (κ3) is 1.04. The van der Waals surface area contributed by atoms with Gasteiger partial charge >= 0.3 is 5.97 Å². The van der Waals surface area contributed by atoms with Gasteiger partial charge in [0.1, 0.15) is 0 Å². The molecule has 0 aromatic rings. The van der Waals surface area contributed by atoms with E-state index in [2.05, 4.69) is 0 Å². The number of esters is 1. The van der Waals surface area contributed by atoms with Crippen LogP contribution in [0.5, 0.6) is 0 Å². The van der Waals surface area contributed by atoms with Gasteiger partial charge in [-0.05, 0) is 25.7 Å². The van der Waals surface area contributed by atoms with E-state index >= 15 is 0 Å². The molecule has 0 amide bonds. The van der Waals surface area contributed by atoms with Crippen LogP contribution in [-0.4, -0.2) is 23.8 Å². The Kier molecular flexibility index (Phi) is 1.83. The van der Waals surface area contributed by atoms with Gasteiger partial charge in [-0.2, -0.15) is 0 Å². The van der Waals surface area contributed by atoms with Crippen molar-refractivity contribution in [3.05, 3.63) is 0 Å². The second-order valence-electron chi connectivity index (χ2n) is 3.66. The Balaban J connectivity index is 1.90. The summed E-state index contributed by atoms with van der Waals surface area (Å²) in [6.07, 6.45) is 1.62. The Morgan fingerprint density at radius 1 is 1.58 bits per heavy atom. The zero-order chi connectivity index (χ0) is 8.72. The average molecular weight is 170 g/mol. The Morgan fingerprint density at radius 2 is 2.33 bits per heavy atom. The molecule has 0 saturated heterocycles. The highest BCUT2D eigenvalue weighted by molar-refractivity contribution is 5.77. The molecule has 0 radical (unpaired) electrons. The molecule has 0 spiro atoms. The Labute approximate surface area is 71.7 Å². The number of carbonyl (C=O) groups is 1. The lowest BCUT2D eigenvalue weighted by Gasteiger charge is -2.06. The van der Waals surface area contributed by atoms with Crippen molar-refractivity contribution in [2.24, 2.45) is 17.8 Å². The molecule has 2 rings (SSSR count). The van der Waals surface area contributed by atoms with Crippen molar-refractivity contribution in [3.8, 4) is 0 Å². The average Bonchev–Trinajstić information content (AvgIpc) is 2.65. The fraction of sp³-hybridized carbons (Fsp3) is 0.889. The third-order valence-corrected chi connectivity index (χ3v) is 3.03. The Morgan fingerprint density at radius 3 is 2.83 bits per heavy atom. The van der Waals surface area contributed by atoms with Crippen LogP contribution in [0.3, 0.4) is 0 Å². The number of aliphatic hydroxyl groups is 1. The van der Waals surface area contributed by atoms with Gasteiger partial charge in [0, 0.05) is 5.92 Å². The molecule has 3 nitrogen and oxygen atoms in total. The molecule has 2 fully saturated rings. The molecule has 12 heavy (non-hydrogen) atoms. The van der Waals surface area contributed by atoms with Gasteiger partial charge in [-0.25, -0.2) is 0 Å². The summed E-state index contributed by atoms with van der Waals surface area (Å²) < 4.78 is 4.90. The number of hydrogen-bond donors (Lipinski definition) is 1. The van der Waals surface area contributed by atoms with Crippen LogP contribution in [0.1, 0.15) is 19.8 Å². The fourth-order valence-electron chi connectivity index (χ4n) is 2.42. The van der Waals surface area contributed by atoms with E-state index in [1.807, 2.05) is 6.92 Å². The highest BCUT2D eigenvalue weighted by atomic mass is 16.5. The van der Waals surface area contributed by atoms with Crippen molar-refractivity contribution in [2.45, 2.75) is 25.9 Å². The van der Waals surface area contributed by atoms with Crippen molar-refractivity contribution in [1.82, 2.24) is 0 Å². The molecule has 1 N–H and O–H groups in total. The van der Waals surface area contributed by atoms with Gasteiger partial charge in [-0.15, -0.1) is 0 Å². The second-order valence-corrected chi connectivity index (χ2v) is 3.66. The minimum absolute atomic E-state index is 0.0219. The molecular formula is C9H14O3. The first-order valence-corrected chi connectivity index (χ1v) is 4.60. The monoisotopic (exact) mass is 170 g/mol. The van der Waals surface area contributed by atoms with Gasteiger partial charge in [-0.3, -0.25) is 4.79 Å². The summed E-state index contributed by atoms with van der Waals surface area (Å²) in [6, 6.07) is 0. The molecule has 2 unspecified atom stereocenters. The second kappa shape index (κ2) is 2.73. The number of aliphatic hydroxyl groups excluding tert-OH is 1. The van der Waals surface area contributed by atoms with E-state index in [4.69, 9.17) is 4.74 Å². The van der Waals surface area contributed by atoms with Crippen LogP contribution < -0.4 is 0 Å². The summed E-state index contributed by atoms with van der Waals surface area (Å²) in [4.78, 5) is 11.2. The van der Waals surface area contributed by atoms with E-state index in [-0.39, 0.29) is 23.9 Å². The molecule has 0 aliphatic heterocycles. The zero-order valence-electron chi connectivity index (χ0n) is 7.19. The highest BCUT2D eigenvalue weighted by Gasteiger charge is 2.61. The van der Waals surface area contributed by atoms with Crippen molar-refractivity contribution in [1.29, 1.82) is 0 Å². The van der Waals surface area contributed by atoms with Crippen molar-refractivity contribution in [2.75, 3.05) is 6.61 Å². The smallest absolute Gasteiger partial charge is 0.309 e. The van der Waals surface area contributed by atoms with Crippen LogP contribution >= 0.6 is 0 Å². The maximum Gasteiger partial charge on any atom is 0.309 e. The Hall–Kier alpha value is -0.570. The standard InChI is InChI=1S/C9H14O3/c1-2-12-9(11)8-5-3-4-6(10)7(5)8/h5-8,10H,2-4H2,1H3/t5?,6-,7+,8?/m1/s1. The van der Waals surface area contributed by atoms with Crippen LogP contribution in [0.25, 0.3) is 0 Å². The topological polar surface area (TPSA) is 46.5 Å². The van der Waals surface area contributed by atoms with Crippen molar-refractivity contribution in [3.63, 3.8) is 0 Å². The molecule has 0 aromatic heterocycles. The summed E-state index contributed by atoms with van der Waals surface area (Å²) in [5, 5.41) is 9.42. The quantitative estimate of drug-likeness (QED) is 0.616. The molecule has 2 aliphatic rings. The fourth-order valence-corrected chi connectivity index (χ4v) is 2.42. The van der Waals surface area contributed by atoms with E-state index < -0.39 is 0 Å². The molecule has 0 bridgehead atoms. The van der Waals surface area contributed by atoms with Crippen LogP contribution in [-0.2, 0) is 9.53 Å². The van der Waals surface area contributed by atoms with Crippen LogP contribution in [0.2, 0.25) is 0 Å². The van der Waals surface area contributed by atoms with E-state index in [1.54, 1.807) is 0 Å². The Bertz CT molecular complexity index is 202. The summed E-state index contributed by atoms with van der Waals surface area (Å²) in [5.41, 5.74) is 0. The molecule has 68 valence electrons. The first-order valence-electron chi connectivity index (χ1n) is 4.60.